The van der Waals surface area contributed by atoms with Gasteiger partial charge in [0.25, 0.3) is 5.91 Å². The van der Waals surface area contributed by atoms with Crippen LogP contribution < -0.4 is 10.2 Å². The molecular weight excluding hydrogens is 406 g/mol. The van der Waals surface area contributed by atoms with E-state index in [0.29, 0.717) is 32.6 Å². The Morgan fingerprint density at radius 1 is 1.03 bits per heavy atom. The number of hydrogen-bond donors (Lipinski definition) is 1. The van der Waals surface area contributed by atoms with Crippen LogP contribution in [-0.4, -0.2) is 58.9 Å². The maximum atomic E-state index is 13.4. The molecule has 0 saturated carbocycles. The Kier molecular flexibility index (Phi) is 6.49. The van der Waals surface area contributed by atoms with E-state index in [1.807, 2.05) is 55.1 Å². The molecule has 8 heteroatoms. The van der Waals surface area contributed by atoms with Crippen molar-refractivity contribution in [2.75, 3.05) is 31.1 Å². The van der Waals surface area contributed by atoms with Crippen molar-refractivity contribution < 1.29 is 14.0 Å². The van der Waals surface area contributed by atoms with Crippen LogP contribution in [-0.2, 0) is 11.2 Å². The first-order valence-corrected chi connectivity index (χ1v) is 10.7. The SMILES string of the molecule is Cc1cc(N2CCN(C(=O)C(Cc3ccccc3)NC(=O)c3ccco3)CC2)nc(C)n1. The van der Waals surface area contributed by atoms with Crippen LogP contribution >= 0.6 is 0 Å². The molecule has 1 aliphatic rings. The summed E-state index contributed by atoms with van der Waals surface area (Å²) in [4.78, 5) is 38.8. The van der Waals surface area contributed by atoms with Crippen LogP contribution in [0.15, 0.2) is 59.2 Å². The first-order valence-electron chi connectivity index (χ1n) is 10.7. The van der Waals surface area contributed by atoms with Crippen LogP contribution in [0.4, 0.5) is 5.82 Å². The van der Waals surface area contributed by atoms with Crippen molar-refractivity contribution in [2.24, 2.45) is 0 Å². The summed E-state index contributed by atoms with van der Waals surface area (Å²) >= 11 is 0. The Balaban J connectivity index is 1.45. The highest BCUT2D eigenvalue weighted by atomic mass is 16.3. The van der Waals surface area contributed by atoms with E-state index >= 15 is 0 Å². The summed E-state index contributed by atoms with van der Waals surface area (Å²) in [5, 5.41) is 2.86. The van der Waals surface area contributed by atoms with Gasteiger partial charge >= 0.3 is 0 Å². The van der Waals surface area contributed by atoms with Crippen LogP contribution in [0.25, 0.3) is 0 Å². The summed E-state index contributed by atoms with van der Waals surface area (Å²) in [7, 11) is 0. The number of carbonyl (C=O) groups excluding carboxylic acids is 2. The number of aromatic nitrogens is 2. The Morgan fingerprint density at radius 2 is 1.78 bits per heavy atom. The van der Waals surface area contributed by atoms with Gasteiger partial charge < -0.3 is 19.5 Å². The monoisotopic (exact) mass is 433 g/mol. The molecule has 2 aromatic heterocycles. The lowest BCUT2D eigenvalue weighted by molar-refractivity contribution is -0.133. The highest BCUT2D eigenvalue weighted by Crippen LogP contribution is 2.16. The molecule has 166 valence electrons. The van der Waals surface area contributed by atoms with Gasteiger partial charge in [-0.3, -0.25) is 9.59 Å². The lowest BCUT2D eigenvalue weighted by Crippen LogP contribution is -2.55. The van der Waals surface area contributed by atoms with Crippen LogP contribution in [0.3, 0.4) is 0 Å². The predicted molar refractivity (Wildman–Crippen MR) is 120 cm³/mol. The average molecular weight is 434 g/mol. The molecule has 1 unspecified atom stereocenters. The standard InChI is InChI=1S/C24H27N5O3/c1-17-15-22(26-18(2)25-17)28-10-12-29(13-11-28)24(31)20(16-19-7-4-3-5-8-19)27-23(30)21-9-6-14-32-21/h3-9,14-15,20H,10-13,16H2,1-2H3,(H,27,30). The fourth-order valence-electron chi connectivity index (χ4n) is 3.92. The van der Waals surface area contributed by atoms with Crippen molar-refractivity contribution in [3.63, 3.8) is 0 Å². The van der Waals surface area contributed by atoms with Crippen molar-refractivity contribution >= 4 is 17.6 Å². The van der Waals surface area contributed by atoms with Gasteiger partial charge in [-0.25, -0.2) is 9.97 Å². The van der Waals surface area contributed by atoms with Crippen molar-refractivity contribution in [3.8, 4) is 0 Å². The van der Waals surface area contributed by atoms with E-state index in [9.17, 15) is 9.59 Å². The van der Waals surface area contributed by atoms with Gasteiger partial charge in [0.05, 0.1) is 6.26 Å². The molecule has 0 radical (unpaired) electrons. The number of piperazine rings is 1. The van der Waals surface area contributed by atoms with Crippen molar-refractivity contribution in [1.29, 1.82) is 0 Å². The predicted octanol–water partition coefficient (Wildman–Crippen LogP) is 2.38. The van der Waals surface area contributed by atoms with Gasteiger partial charge in [0.15, 0.2) is 5.76 Å². The third-order valence-corrected chi connectivity index (χ3v) is 5.50. The zero-order valence-corrected chi connectivity index (χ0v) is 18.3. The average Bonchev–Trinajstić information content (AvgIpc) is 3.33. The molecule has 1 N–H and O–H groups in total. The topological polar surface area (TPSA) is 91.6 Å². The fraction of sp³-hybridized carbons (Fsp3) is 0.333. The van der Waals surface area contributed by atoms with E-state index in [4.69, 9.17) is 4.42 Å². The Bertz CT molecular complexity index is 1040. The zero-order valence-electron chi connectivity index (χ0n) is 18.3. The summed E-state index contributed by atoms with van der Waals surface area (Å²) in [5.41, 5.74) is 1.91. The quantitative estimate of drug-likeness (QED) is 0.642. The maximum Gasteiger partial charge on any atom is 0.287 e. The first kappa shape index (κ1) is 21.5. The summed E-state index contributed by atoms with van der Waals surface area (Å²) in [6, 6.07) is 14.2. The lowest BCUT2D eigenvalue weighted by Gasteiger charge is -2.37. The number of amides is 2. The molecular formula is C24H27N5O3. The van der Waals surface area contributed by atoms with Gasteiger partial charge in [-0.05, 0) is 31.5 Å². The molecule has 1 atom stereocenters. The first-order chi connectivity index (χ1) is 15.5. The number of anilines is 1. The normalized spacial score (nSPS) is 14.8. The number of rotatable bonds is 6. The van der Waals surface area contributed by atoms with Crippen LogP contribution in [0, 0.1) is 13.8 Å². The number of nitrogens with zero attached hydrogens (tertiary/aromatic N) is 4. The summed E-state index contributed by atoms with van der Waals surface area (Å²) in [5.74, 6) is 1.32. The maximum absolute atomic E-state index is 13.4. The Hall–Kier alpha value is -3.68. The molecule has 1 saturated heterocycles. The smallest absolute Gasteiger partial charge is 0.287 e. The molecule has 1 aliphatic heterocycles. The largest absolute Gasteiger partial charge is 0.459 e. The van der Waals surface area contributed by atoms with Crippen molar-refractivity contribution in [3.05, 3.63) is 77.6 Å². The van der Waals surface area contributed by atoms with E-state index in [1.165, 1.54) is 6.26 Å². The second-order valence-corrected chi connectivity index (χ2v) is 7.92. The van der Waals surface area contributed by atoms with E-state index in [0.717, 1.165) is 22.9 Å². The fourth-order valence-corrected chi connectivity index (χ4v) is 3.92. The van der Waals surface area contributed by atoms with E-state index in [1.54, 1.807) is 12.1 Å². The van der Waals surface area contributed by atoms with E-state index in [2.05, 4.69) is 20.2 Å². The lowest BCUT2D eigenvalue weighted by atomic mass is 10.0. The number of hydrogen-bond acceptors (Lipinski definition) is 6. The van der Waals surface area contributed by atoms with Crippen LogP contribution in [0.2, 0.25) is 0 Å². The second-order valence-electron chi connectivity index (χ2n) is 7.92. The minimum absolute atomic E-state index is 0.0940. The molecule has 3 heterocycles. The summed E-state index contributed by atoms with van der Waals surface area (Å²) in [6.45, 7) is 6.29. The van der Waals surface area contributed by atoms with Gasteiger partial charge in [-0.2, -0.15) is 0 Å². The zero-order chi connectivity index (χ0) is 22.5. The van der Waals surface area contributed by atoms with Gasteiger partial charge in [0.2, 0.25) is 5.91 Å². The number of carbonyl (C=O) groups is 2. The van der Waals surface area contributed by atoms with Gasteiger partial charge in [0.1, 0.15) is 17.7 Å². The minimum Gasteiger partial charge on any atom is -0.459 e. The number of aryl methyl sites for hydroxylation is 2. The van der Waals surface area contributed by atoms with Gasteiger partial charge in [-0.1, -0.05) is 30.3 Å². The Labute approximate surface area is 187 Å². The summed E-state index contributed by atoms with van der Waals surface area (Å²) < 4.78 is 5.20. The van der Waals surface area contributed by atoms with Crippen LogP contribution in [0.1, 0.15) is 27.6 Å². The second kappa shape index (κ2) is 9.64. The summed E-state index contributed by atoms with van der Waals surface area (Å²) in [6.07, 6.45) is 1.86. The molecule has 32 heavy (non-hydrogen) atoms. The molecule has 0 aliphatic carbocycles. The van der Waals surface area contributed by atoms with Crippen molar-refractivity contribution in [2.45, 2.75) is 26.3 Å². The number of benzene rings is 1. The molecule has 2 amide bonds. The molecule has 0 bridgehead atoms. The highest BCUT2D eigenvalue weighted by molar-refractivity contribution is 5.95. The third kappa shape index (κ3) is 5.14. The van der Waals surface area contributed by atoms with Gasteiger partial charge in [0, 0.05) is 44.4 Å². The van der Waals surface area contributed by atoms with E-state index in [-0.39, 0.29) is 11.7 Å². The van der Waals surface area contributed by atoms with E-state index < -0.39 is 11.9 Å². The minimum atomic E-state index is -0.676. The van der Waals surface area contributed by atoms with Crippen molar-refractivity contribution in [1.82, 2.24) is 20.2 Å². The molecule has 4 rings (SSSR count). The molecule has 1 aromatic carbocycles. The third-order valence-electron chi connectivity index (χ3n) is 5.50. The molecule has 1 fully saturated rings. The molecule has 8 nitrogen and oxygen atoms in total. The molecule has 3 aromatic rings. The number of furan rings is 1. The van der Waals surface area contributed by atoms with Gasteiger partial charge in [-0.15, -0.1) is 0 Å². The Morgan fingerprint density at radius 3 is 2.44 bits per heavy atom. The highest BCUT2D eigenvalue weighted by Gasteiger charge is 2.30. The van der Waals surface area contributed by atoms with Crippen LogP contribution in [0.5, 0.6) is 0 Å². The number of nitrogens with one attached hydrogen (secondary N) is 1. The molecule has 0 spiro atoms.